The molecule has 0 aromatic carbocycles. The van der Waals surface area contributed by atoms with Gasteiger partial charge in [0.15, 0.2) is 17.2 Å². The Morgan fingerprint density at radius 2 is 1.91 bits per heavy atom. The lowest BCUT2D eigenvalue weighted by Crippen LogP contribution is -2.36. The minimum absolute atomic E-state index is 0.164. The predicted octanol–water partition coefficient (Wildman–Crippen LogP) is 1.76. The first kappa shape index (κ1) is 21.5. The topological polar surface area (TPSA) is 135 Å². The van der Waals surface area contributed by atoms with Crippen LogP contribution in [0, 0.1) is 12.7 Å². The Balaban J connectivity index is 1.42. The van der Waals surface area contributed by atoms with E-state index in [-0.39, 0.29) is 29.4 Å². The smallest absolute Gasteiger partial charge is 0.260 e. The van der Waals surface area contributed by atoms with Crippen LogP contribution >= 0.6 is 0 Å². The first-order valence-electron chi connectivity index (χ1n) is 10.4. The van der Waals surface area contributed by atoms with Crippen LogP contribution in [0.25, 0.3) is 17.2 Å². The van der Waals surface area contributed by atoms with Crippen LogP contribution in [0.15, 0.2) is 48.9 Å². The summed E-state index contributed by atoms with van der Waals surface area (Å²) in [5, 5.41) is 21.7. The van der Waals surface area contributed by atoms with E-state index in [0.29, 0.717) is 23.8 Å². The fraction of sp³-hybridized carbons (Fsp3) is 0.227. The molecule has 0 spiro atoms. The van der Waals surface area contributed by atoms with Gasteiger partial charge in [0, 0.05) is 32.4 Å². The van der Waals surface area contributed by atoms with Crippen molar-refractivity contribution in [1.29, 1.82) is 0 Å². The van der Waals surface area contributed by atoms with Gasteiger partial charge in [0.25, 0.3) is 5.91 Å². The maximum atomic E-state index is 14.3. The second-order valence-electron chi connectivity index (χ2n) is 7.91. The Labute approximate surface area is 193 Å². The molecular weight excluding hydrogens is 441 g/mol. The number of pyridine rings is 2. The number of amides is 1. The quantitative estimate of drug-likeness (QED) is 0.456. The number of carbonyl (C=O) groups is 1. The average Bonchev–Trinajstić information content (AvgIpc) is 3.45. The minimum Gasteiger partial charge on any atom is -0.374 e. The number of hydrogen-bond donors (Lipinski definition) is 2. The maximum Gasteiger partial charge on any atom is 0.260 e. The summed E-state index contributed by atoms with van der Waals surface area (Å²) in [6.07, 6.45) is 4.76. The number of rotatable bonds is 5. The molecule has 1 unspecified atom stereocenters. The summed E-state index contributed by atoms with van der Waals surface area (Å²) < 4.78 is 15.7. The third-order valence-electron chi connectivity index (χ3n) is 5.62. The molecule has 1 aliphatic rings. The van der Waals surface area contributed by atoms with Crippen molar-refractivity contribution in [3.05, 3.63) is 66.1 Å². The number of nitrogens with one attached hydrogen (secondary N) is 1. The fourth-order valence-corrected chi connectivity index (χ4v) is 3.68. The van der Waals surface area contributed by atoms with Crippen LogP contribution in [-0.2, 0) is 10.4 Å². The van der Waals surface area contributed by atoms with Crippen LogP contribution in [0.5, 0.6) is 0 Å². The SMILES string of the molecule is Cc1nccc(Nc2nccc(-c3cccc(-n4cc(C5(O)CCN(C)C5=O)nn4)n3)n2)c1F. The van der Waals surface area contributed by atoms with E-state index in [1.807, 2.05) is 0 Å². The number of aromatic nitrogens is 7. The highest BCUT2D eigenvalue weighted by atomic mass is 19.1. The van der Waals surface area contributed by atoms with E-state index in [9.17, 15) is 14.3 Å². The average molecular weight is 461 g/mol. The molecule has 12 heteroatoms. The molecule has 1 aliphatic heterocycles. The Morgan fingerprint density at radius 3 is 2.71 bits per heavy atom. The van der Waals surface area contributed by atoms with Crippen molar-refractivity contribution >= 4 is 17.5 Å². The van der Waals surface area contributed by atoms with Gasteiger partial charge in [-0.15, -0.1) is 5.10 Å². The van der Waals surface area contributed by atoms with E-state index in [4.69, 9.17) is 0 Å². The van der Waals surface area contributed by atoms with Crippen LogP contribution in [0.2, 0.25) is 0 Å². The molecular formula is C22H20FN9O2. The van der Waals surface area contributed by atoms with E-state index in [1.54, 1.807) is 38.2 Å². The highest BCUT2D eigenvalue weighted by molar-refractivity contribution is 5.87. The Hall–Kier alpha value is -4.32. The third kappa shape index (κ3) is 3.73. The Kier molecular flexibility index (Phi) is 5.21. The summed E-state index contributed by atoms with van der Waals surface area (Å²) in [4.78, 5) is 30.9. The fourth-order valence-electron chi connectivity index (χ4n) is 3.68. The van der Waals surface area contributed by atoms with Crippen molar-refractivity contribution in [1.82, 2.24) is 39.8 Å². The zero-order valence-corrected chi connectivity index (χ0v) is 18.3. The van der Waals surface area contributed by atoms with Crippen molar-refractivity contribution in [2.75, 3.05) is 18.9 Å². The molecule has 4 aromatic rings. The Morgan fingerprint density at radius 1 is 1.12 bits per heavy atom. The summed E-state index contributed by atoms with van der Waals surface area (Å²) in [5.41, 5.74) is -0.0423. The monoisotopic (exact) mass is 461 g/mol. The zero-order valence-electron chi connectivity index (χ0n) is 18.3. The standard InChI is InChI=1S/C22H20FN9O2/c1-13-19(23)16(7-9-24-13)28-21-25-10-6-15(27-21)14-4-3-5-18(26-14)32-12-17(29-30-32)22(34)8-11-31(2)20(22)33/h3-7,9-10,12,34H,8,11H2,1-2H3,(H,24,25,27,28). The van der Waals surface area contributed by atoms with Crippen LogP contribution in [0.4, 0.5) is 16.0 Å². The summed E-state index contributed by atoms with van der Waals surface area (Å²) in [7, 11) is 1.63. The third-order valence-corrected chi connectivity index (χ3v) is 5.62. The van der Waals surface area contributed by atoms with Gasteiger partial charge < -0.3 is 15.3 Å². The normalized spacial score (nSPS) is 17.9. The molecule has 1 atom stereocenters. The lowest BCUT2D eigenvalue weighted by atomic mass is 9.99. The van der Waals surface area contributed by atoms with Crippen LogP contribution < -0.4 is 5.32 Å². The molecule has 1 fully saturated rings. The van der Waals surface area contributed by atoms with E-state index >= 15 is 0 Å². The van der Waals surface area contributed by atoms with E-state index in [1.165, 1.54) is 34.2 Å². The van der Waals surface area contributed by atoms with Crippen molar-refractivity contribution in [2.45, 2.75) is 18.9 Å². The second-order valence-corrected chi connectivity index (χ2v) is 7.91. The number of hydrogen-bond acceptors (Lipinski definition) is 9. The number of carbonyl (C=O) groups excluding carboxylic acids is 1. The molecule has 0 saturated carbocycles. The van der Waals surface area contributed by atoms with Gasteiger partial charge in [-0.2, -0.15) is 0 Å². The number of aryl methyl sites for hydroxylation is 1. The van der Waals surface area contributed by atoms with Crippen LogP contribution in [0.3, 0.4) is 0 Å². The number of nitrogens with zero attached hydrogens (tertiary/aromatic N) is 8. The first-order chi connectivity index (χ1) is 16.3. The van der Waals surface area contributed by atoms with E-state index < -0.39 is 17.3 Å². The molecule has 34 heavy (non-hydrogen) atoms. The summed E-state index contributed by atoms with van der Waals surface area (Å²) in [6, 6.07) is 8.41. The number of likely N-dealkylation sites (tertiary alicyclic amines) is 1. The first-order valence-corrected chi connectivity index (χ1v) is 10.4. The second kappa shape index (κ2) is 8.23. The molecule has 1 amide bonds. The van der Waals surface area contributed by atoms with Gasteiger partial charge in [-0.05, 0) is 31.2 Å². The van der Waals surface area contributed by atoms with Crippen LogP contribution in [0.1, 0.15) is 17.8 Å². The number of aliphatic hydroxyl groups is 1. The number of halogens is 1. The Bertz CT molecular complexity index is 1390. The van der Waals surface area contributed by atoms with E-state index in [2.05, 4.69) is 35.6 Å². The summed E-state index contributed by atoms with van der Waals surface area (Å²) >= 11 is 0. The molecule has 0 bridgehead atoms. The van der Waals surface area contributed by atoms with Crippen LogP contribution in [-0.4, -0.2) is 64.4 Å². The molecule has 0 radical (unpaired) electrons. The highest BCUT2D eigenvalue weighted by Crippen LogP contribution is 2.31. The number of anilines is 2. The molecule has 2 N–H and O–H groups in total. The van der Waals surface area contributed by atoms with Crippen molar-refractivity contribution in [2.24, 2.45) is 0 Å². The van der Waals surface area contributed by atoms with Gasteiger partial charge in [-0.3, -0.25) is 9.78 Å². The van der Waals surface area contributed by atoms with Gasteiger partial charge in [0.2, 0.25) is 5.95 Å². The molecule has 172 valence electrons. The van der Waals surface area contributed by atoms with Gasteiger partial charge in [-0.25, -0.2) is 24.0 Å². The highest BCUT2D eigenvalue weighted by Gasteiger charge is 2.47. The lowest BCUT2D eigenvalue weighted by Gasteiger charge is -2.17. The van der Waals surface area contributed by atoms with Gasteiger partial charge in [0.05, 0.1) is 29.0 Å². The number of likely N-dealkylation sites (N-methyl/N-ethyl adjacent to an activating group) is 1. The summed E-state index contributed by atoms with van der Waals surface area (Å²) in [5.74, 6) is -0.277. The largest absolute Gasteiger partial charge is 0.374 e. The molecule has 4 aromatic heterocycles. The molecule has 1 saturated heterocycles. The van der Waals surface area contributed by atoms with E-state index in [0.717, 1.165) is 0 Å². The molecule has 0 aliphatic carbocycles. The molecule has 5 rings (SSSR count). The summed E-state index contributed by atoms with van der Waals surface area (Å²) in [6.45, 7) is 2.01. The van der Waals surface area contributed by atoms with Gasteiger partial charge in [0.1, 0.15) is 5.69 Å². The predicted molar refractivity (Wildman–Crippen MR) is 119 cm³/mol. The molecule has 11 nitrogen and oxygen atoms in total. The van der Waals surface area contributed by atoms with Gasteiger partial charge in [-0.1, -0.05) is 11.3 Å². The minimum atomic E-state index is -1.70. The molecule has 5 heterocycles. The van der Waals surface area contributed by atoms with Crippen molar-refractivity contribution in [3.8, 4) is 17.2 Å². The van der Waals surface area contributed by atoms with Crippen molar-refractivity contribution < 1.29 is 14.3 Å². The van der Waals surface area contributed by atoms with Gasteiger partial charge >= 0.3 is 0 Å². The lowest BCUT2D eigenvalue weighted by molar-refractivity contribution is -0.143. The zero-order chi connectivity index (χ0) is 23.9. The van der Waals surface area contributed by atoms with Crippen molar-refractivity contribution in [3.63, 3.8) is 0 Å². The maximum absolute atomic E-state index is 14.3.